The minimum absolute atomic E-state index is 0.0278. The number of hydrogen-bond acceptors (Lipinski definition) is 5. The van der Waals surface area contributed by atoms with Crippen LogP contribution >= 0.6 is 11.8 Å². The molecule has 0 atom stereocenters. The molecule has 8 heteroatoms. The Morgan fingerprint density at radius 1 is 1.19 bits per heavy atom. The van der Waals surface area contributed by atoms with E-state index in [1.54, 1.807) is 6.07 Å². The van der Waals surface area contributed by atoms with Crippen molar-refractivity contribution in [1.82, 2.24) is 9.97 Å². The normalized spacial score (nSPS) is 15.0. The Labute approximate surface area is 126 Å². The number of nitrogens with zero attached hydrogens (tertiary/aromatic N) is 2. The van der Waals surface area contributed by atoms with E-state index in [9.17, 15) is 13.2 Å². The first-order chi connectivity index (χ1) is 9.98. The molecule has 1 aromatic heterocycles. The molecule has 0 unspecified atom stereocenters. The van der Waals surface area contributed by atoms with Crippen LogP contribution in [0.1, 0.15) is 37.9 Å². The van der Waals surface area contributed by atoms with Crippen molar-refractivity contribution in [2.75, 3.05) is 29.5 Å². The third-order valence-electron chi connectivity index (χ3n) is 2.92. The highest BCUT2D eigenvalue weighted by atomic mass is 32.2. The summed E-state index contributed by atoms with van der Waals surface area (Å²) in [6.45, 7) is 3.09. The molecule has 4 nitrogen and oxygen atoms in total. The van der Waals surface area contributed by atoms with Crippen LogP contribution < -0.4 is 10.6 Å². The molecule has 0 aromatic carbocycles. The number of alkyl halides is 3. The average molecular weight is 320 g/mol. The molecule has 0 saturated heterocycles. The largest absolute Gasteiger partial charge is 0.441 e. The zero-order chi connectivity index (χ0) is 15.3. The fourth-order valence-corrected chi connectivity index (χ4v) is 2.21. The van der Waals surface area contributed by atoms with E-state index >= 15 is 0 Å². The molecule has 1 aliphatic rings. The Hall–Kier alpha value is -1.18. The summed E-state index contributed by atoms with van der Waals surface area (Å²) in [5.41, 5.74) is -4.18. The van der Waals surface area contributed by atoms with Gasteiger partial charge in [0, 0.05) is 30.8 Å². The number of rotatable bonds is 8. The van der Waals surface area contributed by atoms with Gasteiger partial charge in [0.15, 0.2) is 0 Å². The van der Waals surface area contributed by atoms with Gasteiger partial charge in [-0.05, 0) is 31.0 Å². The smallest absolute Gasteiger partial charge is 0.370 e. The van der Waals surface area contributed by atoms with E-state index in [0.29, 0.717) is 11.7 Å². The van der Waals surface area contributed by atoms with Gasteiger partial charge in [-0.15, -0.1) is 0 Å². The minimum atomic E-state index is -4.18. The number of anilines is 2. The molecule has 1 saturated carbocycles. The van der Waals surface area contributed by atoms with E-state index in [1.165, 1.54) is 0 Å². The summed E-state index contributed by atoms with van der Waals surface area (Å²) >= 11 is -0.0278. The fourth-order valence-electron chi connectivity index (χ4n) is 1.77. The molecule has 118 valence electrons. The molecular formula is C13H19F3N4S. The maximum Gasteiger partial charge on any atom is 0.441 e. The van der Waals surface area contributed by atoms with E-state index in [-0.39, 0.29) is 24.1 Å². The SMILES string of the molecule is CCCNc1cc(NCCSC(F)(F)F)nc(C2CC2)n1. The lowest BCUT2D eigenvalue weighted by molar-refractivity contribution is -0.0327. The van der Waals surface area contributed by atoms with Crippen molar-refractivity contribution in [3.8, 4) is 0 Å². The van der Waals surface area contributed by atoms with Crippen LogP contribution in [0.2, 0.25) is 0 Å². The van der Waals surface area contributed by atoms with Gasteiger partial charge in [0.05, 0.1) is 0 Å². The molecule has 21 heavy (non-hydrogen) atoms. The number of halogens is 3. The van der Waals surface area contributed by atoms with E-state index in [0.717, 1.165) is 37.4 Å². The van der Waals surface area contributed by atoms with Gasteiger partial charge in [0.1, 0.15) is 17.5 Å². The second-order valence-electron chi connectivity index (χ2n) is 4.92. The summed E-state index contributed by atoms with van der Waals surface area (Å²) in [5.74, 6) is 2.47. The predicted molar refractivity (Wildman–Crippen MR) is 79.8 cm³/mol. The first-order valence-electron chi connectivity index (χ1n) is 7.05. The van der Waals surface area contributed by atoms with Crippen molar-refractivity contribution in [3.63, 3.8) is 0 Å². The van der Waals surface area contributed by atoms with E-state index in [1.807, 2.05) is 0 Å². The number of hydrogen-bond donors (Lipinski definition) is 2. The Balaban J connectivity index is 1.92. The molecule has 1 aliphatic carbocycles. The molecule has 1 heterocycles. The summed E-state index contributed by atoms with van der Waals surface area (Å²) in [4.78, 5) is 8.84. The molecule has 2 N–H and O–H groups in total. The maximum absolute atomic E-state index is 12.1. The van der Waals surface area contributed by atoms with Gasteiger partial charge >= 0.3 is 5.51 Å². The molecule has 0 spiro atoms. The first-order valence-corrected chi connectivity index (χ1v) is 8.04. The molecular weight excluding hydrogens is 301 g/mol. The highest BCUT2D eigenvalue weighted by Gasteiger charge is 2.28. The zero-order valence-corrected chi connectivity index (χ0v) is 12.7. The minimum Gasteiger partial charge on any atom is -0.370 e. The summed E-state index contributed by atoms with van der Waals surface area (Å²) in [6.07, 6.45) is 3.15. The van der Waals surface area contributed by atoms with Crippen LogP contribution in [-0.2, 0) is 0 Å². The van der Waals surface area contributed by atoms with Crippen molar-refractivity contribution >= 4 is 23.4 Å². The van der Waals surface area contributed by atoms with Crippen molar-refractivity contribution < 1.29 is 13.2 Å². The van der Waals surface area contributed by atoms with Crippen LogP contribution in [-0.4, -0.2) is 34.3 Å². The first kappa shape index (κ1) is 16.2. The van der Waals surface area contributed by atoms with Crippen LogP contribution in [0.15, 0.2) is 6.07 Å². The van der Waals surface area contributed by atoms with Gasteiger partial charge in [0.25, 0.3) is 0 Å². The van der Waals surface area contributed by atoms with Gasteiger partial charge in [-0.1, -0.05) is 6.92 Å². The third-order valence-corrected chi connectivity index (χ3v) is 3.65. The topological polar surface area (TPSA) is 49.8 Å². The summed E-state index contributed by atoms with van der Waals surface area (Å²) in [5, 5.41) is 6.14. The van der Waals surface area contributed by atoms with Gasteiger partial charge in [-0.2, -0.15) is 13.2 Å². The lowest BCUT2D eigenvalue weighted by atomic mass is 10.3. The van der Waals surface area contributed by atoms with Gasteiger partial charge in [-0.25, -0.2) is 9.97 Å². The molecule has 1 aromatic rings. The Morgan fingerprint density at radius 2 is 1.81 bits per heavy atom. The standard InChI is InChI=1S/C13H19F3N4S/c1-2-5-17-10-8-11(18-6-7-21-13(14,15)16)20-12(19-10)9-3-4-9/h8-9H,2-7H2,1H3,(H2,17,18,19,20). The van der Waals surface area contributed by atoms with Crippen LogP contribution in [0.4, 0.5) is 24.8 Å². The summed E-state index contributed by atoms with van der Waals surface area (Å²) < 4.78 is 36.2. The molecule has 0 bridgehead atoms. The lowest BCUT2D eigenvalue weighted by Crippen LogP contribution is -2.12. The van der Waals surface area contributed by atoms with Crippen LogP contribution in [0.3, 0.4) is 0 Å². The highest BCUT2D eigenvalue weighted by molar-refractivity contribution is 8.00. The van der Waals surface area contributed by atoms with Crippen molar-refractivity contribution in [2.24, 2.45) is 0 Å². The zero-order valence-electron chi connectivity index (χ0n) is 11.8. The average Bonchev–Trinajstić information content (AvgIpc) is 3.24. The summed E-state index contributed by atoms with van der Waals surface area (Å²) in [6, 6.07) is 1.75. The number of nitrogens with one attached hydrogen (secondary N) is 2. The summed E-state index contributed by atoms with van der Waals surface area (Å²) in [7, 11) is 0. The van der Waals surface area contributed by atoms with Crippen molar-refractivity contribution in [2.45, 2.75) is 37.6 Å². The predicted octanol–water partition coefficient (Wildman–Crippen LogP) is 3.84. The maximum atomic E-state index is 12.1. The van der Waals surface area contributed by atoms with E-state index < -0.39 is 5.51 Å². The number of aromatic nitrogens is 2. The molecule has 0 aliphatic heterocycles. The van der Waals surface area contributed by atoms with Crippen molar-refractivity contribution in [3.05, 3.63) is 11.9 Å². The second-order valence-corrected chi connectivity index (χ2v) is 6.08. The van der Waals surface area contributed by atoms with E-state index in [2.05, 4.69) is 27.5 Å². The van der Waals surface area contributed by atoms with Gasteiger partial charge < -0.3 is 10.6 Å². The second kappa shape index (κ2) is 7.20. The van der Waals surface area contributed by atoms with Crippen LogP contribution in [0, 0.1) is 0 Å². The lowest BCUT2D eigenvalue weighted by Gasteiger charge is -2.11. The van der Waals surface area contributed by atoms with Gasteiger partial charge in [0.2, 0.25) is 0 Å². The quantitative estimate of drug-likeness (QED) is 0.713. The van der Waals surface area contributed by atoms with Crippen LogP contribution in [0.25, 0.3) is 0 Å². The number of thioether (sulfide) groups is 1. The molecule has 2 rings (SSSR count). The van der Waals surface area contributed by atoms with Gasteiger partial charge in [-0.3, -0.25) is 0 Å². The Bertz CT molecular complexity index is 463. The van der Waals surface area contributed by atoms with Crippen LogP contribution in [0.5, 0.6) is 0 Å². The third kappa shape index (κ3) is 5.99. The molecule has 0 amide bonds. The van der Waals surface area contributed by atoms with Crippen molar-refractivity contribution in [1.29, 1.82) is 0 Å². The van der Waals surface area contributed by atoms with E-state index in [4.69, 9.17) is 0 Å². The molecule has 0 radical (unpaired) electrons. The highest BCUT2D eigenvalue weighted by Crippen LogP contribution is 2.38. The molecule has 1 fully saturated rings. The monoisotopic (exact) mass is 320 g/mol. The Kier molecular flexibility index (Phi) is 5.55. The fraction of sp³-hybridized carbons (Fsp3) is 0.692. The Morgan fingerprint density at radius 3 is 2.33 bits per heavy atom.